The summed E-state index contributed by atoms with van der Waals surface area (Å²) in [7, 11) is 0. The lowest BCUT2D eigenvalue weighted by Gasteiger charge is -2.40. The summed E-state index contributed by atoms with van der Waals surface area (Å²) in [5, 5.41) is 0. The van der Waals surface area contributed by atoms with E-state index < -0.39 is 5.60 Å². The van der Waals surface area contributed by atoms with E-state index in [1.165, 1.54) is 16.7 Å². The van der Waals surface area contributed by atoms with E-state index in [4.69, 9.17) is 4.74 Å². The first-order chi connectivity index (χ1) is 13.7. The third-order valence-corrected chi connectivity index (χ3v) is 5.82. The van der Waals surface area contributed by atoms with Gasteiger partial charge >= 0.3 is 6.09 Å². The predicted octanol–water partition coefficient (Wildman–Crippen LogP) is 7.26. The Labute approximate surface area is 183 Å². The van der Waals surface area contributed by atoms with Crippen LogP contribution in [0.1, 0.15) is 70.1 Å². The van der Waals surface area contributed by atoms with Gasteiger partial charge in [0.25, 0.3) is 0 Å². The van der Waals surface area contributed by atoms with Gasteiger partial charge in [0.15, 0.2) is 0 Å². The fraction of sp³-hybridized carbons (Fsp3) is 0.480. The van der Waals surface area contributed by atoms with Crippen LogP contribution in [-0.4, -0.2) is 17.7 Å². The third-order valence-electron chi connectivity index (χ3n) is 5.36. The van der Waals surface area contributed by atoms with Crippen molar-refractivity contribution in [3.8, 4) is 0 Å². The van der Waals surface area contributed by atoms with Crippen molar-refractivity contribution in [2.24, 2.45) is 0 Å². The van der Waals surface area contributed by atoms with Crippen LogP contribution in [0.3, 0.4) is 0 Å². The molecule has 3 nitrogen and oxygen atoms in total. The topological polar surface area (TPSA) is 29.5 Å². The summed E-state index contributed by atoms with van der Waals surface area (Å²) in [5.74, 6) is 0.319. The molecule has 1 amide bonds. The van der Waals surface area contributed by atoms with Crippen molar-refractivity contribution < 1.29 is 9.53 Å². The predicted molar refractivity (Wildman–Crippen MR) is 124 cm³/mol. The maximum Gasteiger partial charge on any atom is 0.415 e. The minimum atomic E-state index is -0.522. The number of hydrogen-bond donors (Lipinski definition) is 0. The molecule has 0 radical (unpaired) electrons. The van der Waals surface area contributed by atoms with E-state index in [-0.39, 0.29) is 12.1 Å². The molecule has 0 bridgehead atoms. The summed E-state index contributed by atoms with van der Waals surface area (Å²) >= 11 is 3.66. The van der Waals surface area contributed by atoms with E-state index in [0.29, 0.717) is 5.92 Å². The van der Waals surface area contributed by atoms with Gasteiger partial charge in [0.2, 0.25) is 0 Å². The van der Waals surface area contributed by atoms with Crippen LogP contribution in [0.5, 0.6) is 0 Å². The quantitative estimate of drug-likeness (QED) is 0.483. The van der Waals surface area contributed by atoms with Crippen molar-refractivity contribution in [2.75, 3.05) is 4.90 Å². The molecule has 2 aromatic rings. The number of anilines is 1. The van der Waals surface area contributed by atoms with Crippen molar-refractivity contribution in [3.63, 3.8) is 0 Å². The van der Waals surface area contributed by atoms with Crippen LogP contribution in [0.4, 0.5) is 10.5 Å². The Hall–Kier alpha value is -1.81. The number of amides is 1. The summed E-state index contributed by atoms with van der Waals surface area (Å²) in [6.07, 6.45) is 3.57. The van der Waals surface area contributed by atoms with E-state index >= 15 is 0 Å². The molecule has 1 heterocycles. The number of benzene rings is 2. The Balaban J connectivity index is 1.98. The van der Waals surface area contributed by atoms with Crippen molar-refractivity contribution in [1.29, 1.82) is 0 Å². The number of rotatable bonds is 4. The van der Waals surface area contributed by atoms with Gasteiger partial charge in [-0.1, -0.05) is 60.1 Å². The van der Waals surface area contributed by atoms with Gasteiger partial charge in [-0.25, -0.2) is 4.79 Å². The fourth-order valence-electron chi connectivity index (χ4n) is 4.04. The summed E-state index contributed by atoms with van der Waals surface area (Å²) in [6.45, 7) is 10.2. The number of carbonyl (C=O) groups excluding carboxylic acids is 1. The van der Waals surface area contributed by atoms with Gasteiger partial charge in [0.05, 0.1) is 5.69 Å². The second-order valence-corrected chi connectivity index (χ2v) is 10.1. The van der Waals surface area contributed by atoms with Crippen LogP contribution in [0.25, 0.3) is 0 Å². The first-order valence-corrected chi connectivity index (χ1v) is 11.3. The first kappa shape index (κ1) is 21.9. The molecule has 0 N–H and O–H groups in total. The summed E-state index contributed by atoms with van der Waals surface area (Å²) in [5.41, 5.74) is 4.27. The molecule has 2 aromatic carbocycles. The van der Waals surface area contributed by atoms with E-state index in [2.05, 4.69) is 66.2 Å². The fourth-order valence-corrected chi connectivity index (χ4v) is 4.56. The van der Waals surface area contributed by atoms with E-state index in [1.807, 2.05) is 31.7 Å². The Morgan fingerprint density at radius 3 is 2.52 bits per heavy atom. The van der Waals surface area contributed by atoms with Crippen LogP contribution < -0.4 is 4.90 Å². The van der Waals surface area contributed by atoms with Gasteiger partial charge in [-0.05, 0) is 81.2 Å². The van der Waals surface area contributed by atoms with Gasteiger partial charge in [-0.15, -0.1) is 0 Å². The van der Waals surface area contributed by atoms with Crippen molar-refractivity contribution in [1.82, 2.24) is 0 Å². The monoisotopic (exact) mass is 457 g/mol. The Morgan fingerprint density at radius 2 is 1.90 bits per heavy atom. The zero-order valence-electron chi connectivity index (χ0n) is 18.2. The van der Waals surface area contributed by atoms with E-state index in [1.54, 1.807) is 0 Å². The van der Waals surface area contributed by atoms with Crippen LogP contribution in [0, 0.1) is 0 Å². The second-order valence-electron chi connectivity index (χ2n) is 9.22. The molecular formula is C25H32BrNO2. The Bertz CT molecular complexity index is 855. The first-order valence-electron chi connectivity index (χ1n) is 10.5. The zero-order chi connectivity index (χ0) is 21.2. The van der Waals surface area contributed by atoms with Crippen LogP contribution in [0.15, 0.2) is 46.9 Å². The third kappa shape index (κ3) is 5.42. The van der Waals surface area contributed by atoms with Gasteiger partial charge in [-0.3, -0.25) is 4.90 Å². The molecule has 0 saturated carbocycles. The van der Waals surface area contributed by atoms with Crippen LogP contribution >= 0.6 is 15.9 Å². The van der Waals surface area contributed by atoms with Gasteiger partial charge < -0.3 is 4.74 Å². The maximum atomic E-state index is 13.3. The molecule has 29 heavy (non-hydrogen) atoms. The molecular weight excluding hydrogens is 426 g/mol. The lowest BCUT2D eigenvalue weighted by atomic mass is 9.87. The highest BCUT2D eigenvalue weighted by atomic mass is 79.9. The SMILES string of the molecule is CC(C)c1cc(Br)cc2c1N(C(=O)OC(C)(C)C)C(CCc1ccccc1)CC2. The molecule has 1 atom stereocenters. The van der Waals surface area contributed by atoms with E-state index in [0.717, 1.165) is 35.8 Å². The highest BCUT2D eigenvalue weighted by Crippen LogP contribution is 2.41. The van der Waals surface area contributed by atoms with Gasteiger partial charge in [0, 0.05) is 10.5 Å². The highest BCUT2D eigenvalue weighted by molar-refractivity contribution is 9.10. The average Bonchev–Trinajstić information content (AvgIpc) is 2.64. The molecule has 0 aliphatic carbocycles. The summed E-state index contributed by atoms with van der Waals surface area (Å²) in [6, 6.07) is 15.0. The standard InChI is InChI=1S/C25H32BrNO2/c1-17(2)22-16-20(26)15-19-12-14-21(13-11-18-9-7-6-8-10-18)27(23(19)22)24(28)29-25(3,4)5/h6-10,15-17,21H,11-14H2,1-5H3. The molecule has 3 rings (SSSR count). The van der Waals surface area contributed by atoms with Crippen LogP contribution in [-0.2, 0) is 17.6 Å². The number of aryl methyl sites for hydroxylation is 2. The molecule has 0 saturated heterocycles. The lowest BCUT2D eigenvalue weighted by Crippen LogP contribution is -2.47. The second kappa shape index (κ2) is 8.91. The number of nitrogens with zero attached hydrogens (tertiary/aromatic N) is 1. The van der Waals surface area contributed by atoms with Crippen molar-refractivity contribution in [3.05, 3.63) is 63.6 Å². The van der Waals surface area contributed by atoms with Crippen molar-refractivity contribution in [2.45, 2.75) is 77.9 Å². The minimum absolute atomic E-state index is 0.135. The molecule has 1 aliphatic rings. The average molecular weight is 458 g/mol. The minimum Gasteiger partial charge on any atom is -0.443 e. The number of carbonyl (C=O) groups is 1. The van der Waals surface area contributed by atoms with Gasteiger partial charge in [-0.2, -0.15) is 0 Å². The number of ether oxygens (including phenoxy) is 1. The molecule has 156 valence electrons. The smallest absolute Gasteiger partial charge is 0.415 e. The van der Waals surface area contributed by atoms with Crippen LogP contribution in [0.2, 0.25) is 0 Å². The molecule has 0 spiro atoms. The van der Waals surface area contributed by atoms with Gasteiger partial charge in [0.1, 0.15) is 5.60 Å². The van der Waals surface area contributed by atoms with Crippen molar-refractivity contribution >= 4 is 27.7 Å². The Kier molecular flexibility index (Phi) is 6.72. The Morgan fingerprint density at radius 1 is 1.21 bits per heavy atom. The van der Waals surface area contributed by atoms with E-state index in [9.17, 15) is 4.79 Å². The maximum absolute atomic E-state index is 13.3. The molecule has 1 unspecified atom stereocenters. The summed E-state index contributed by atoms with van der Waals surface area (Å²) < 4.78 is 6.93. The lowest BCUT2D eigenvalue weighted by molar-refractivity contribution is 0.0558. The molecule has 1 aliphatic heterocycles. The summed E-state index contributed by atoms with van der Waals surface area (Å²) in [4.78, 5) is 15.3. The zero-order valence-corrected chi connectivity index (χ0v) is 19.8. The number of hydrogen-bond acceptors (Lipinski definition) is 2. The molecule has 0 aromatic heterocycles. The molecule has 0 fully saturated rings. The number of fused-ring (bicyclic) bond motifs is 1. The number of halogens is 1. The largest absolute Gasteiger partial charge is 0.443 e. The highest BCUT2D eigenvalue weighted by Gasteiger charge is 2.36. The normalized spacial score (nSPS) is 16.7. The molecule has 4 heteroatoms.